The van der Waals surface area contributed by atoms with Crippen LogP contribution in [-0.2, 0) is 6.42 Å². The quantitative estimate of drug-likeness (QED) is 0.781. The molecular weight excluding hydrogens is 308 g/mol. The fourth-order valence-corrected chi connectivity index (χ4v) is 3.17. The van der Waals surface area contributed by atoms with Crippen molar-refractivity contribution < 1.29 is 9.84 Å². The summed E-state index contributed by atoms with van der Waals surface area (Å²) in [6.07, 6.45) is 0.277. The summed E-state index contributed by atoms with van der Waals surface area (Å²) in [7, 11) is 0. The lowest BCUT2D eigenvalue weighted by Gasteiger charge is -2.27. The second-order valence-electron chi connectivity index (χ2n) is 6.09. The molecular formula is C18H22N2O2S. The molecule has 0 saturated heterocycles. The molecule has 0 aliphatic rings. The largest absolute Gasteiger partial charge is 0.489 e. The number of rotatable bonds is 8. The molecule has 1 aromatic heterocycles. The van der Waals surface area contributed by atoms with Crippen molar-refractivity contribution >= 4 is 11.3 Å². The number of aliphatic hydroxyl groups is 1. The number of aliphatic hydroxyl groups excluding tert-OH is 1. The summed E-state index contributed by atoms with van der Waals surface area (Å²) in [6, 6.07) is 13.3. The van der Waals surface area contributed by atoms with Gasteiger partial charge in [0.1, 0.15) is 24.5 Å². The van der Waals surface area contributed by atoms with Crippen molar-refractivity contribution in [2.24, 2.45) is 0 Å². The summed E-state index contributed by atoms with van der Waals surface area (Å²) in [5, 5.41) is 24.6. The maximum Gasteiger partial charge on any atom is 0.137 e. The average Bonchev–Trinajstić information content (AvgIpc) is 3.03. The van der Waals surface area contributed by atoms with Crippen molar-refractivity contribution in [3.8, 4) is 11.8 Å². The molecule has 23 heavy (non-hydrogen) atoms. The van der Waals surface area contributed by atoms with Crippen molar-refractivity contribution in [1.82, 2.24) is 5.32 Å². The number of nitrogens with zero attached hydrogens (tertiary/aromatic N) is 1. The molecule has 0 spiro atoms. The van der Waals surface area contributed by atoms with Crippen LogP contribution >= 0.6 is 11.3 Å². The van der Waals surface area contributed by atoms with E-state index in [1.165, 1.54) is 4.88 Å². The Morgan fingerprint density at radius 1 is 1.30 bits per heavy atom. The van der Waals surface area contributed by atoms with E-state index in [9.17, 15) is 5.11 Å². The third kappa shape index (κ3) is 5.68. The van der Waals surface area contributed by atoms with Crippen LogP contribution in [-0.4, -0.2) is 29.9 Å². The standard InChI is InChI=1S/C18H22N2O2S/c1-18(2,10-16-7-5-9-23-16)20-12-15(21)13-22-17-8-4-3-6-14(17)11-19/h3-9,15,20-21H,10,12-13H2,1-2H3. The van der Waals surface area contributed by atoms with Crippen LogP contribution in [0.4, 0.5) is 0 Å². The summed E-state index contributed by atoms with van der Waals surface area (Å²) in [6.45, 7) is 4.82. The third-order valence-electron chi connectivity index (χ3n) is 3.45. The van der Waals surface area contributed by atoms with Gasteiger partial charge in [-0.3, -0.25) is 0 Å². The second-order valence-corrected chi connectivity index (χ2v) is 7.13. The van der Waals surface area contributed by atoms with Crippen LogP contribution < -0.4 is 10.1 Å². The first-order chi connectivity index (χ1) is 11.0. The van der Waals surface area contributed by atoms with Crippen LogP contribution in [0.5, 0.6) is 5.75 Å². The molecule has 122 valence electrons. The van der Waals surface area contributed by atoms with Crippen molar-refractivity contribution in [1.29, 1.82) is 5.26 Å². The summed E-state index contributed by atoms with van der Waals surface area (Å²) < 4.78 is 5.55. The highest BCUT2D eigenvalue weighted by molar-refractivity contribution is 7.09. The van der Waals surface area contributed by atoms with Crippen LogP contribution in [0.3, 0.4) is 0 Å². The van der Waals surface area contributed by atoms with Crippen molar-refractivity contribution in [2.75, 3.05) is 13.2 Å². The van der Waals surface area contributed by atoms with Crippen LogP contribution in [0.2, 0.25) is 0 Å². The first-order valence-corrected chi connectivity index (χ1v) is 8.45. The van der Waals surface area contributed by atoms with Gasteiger partial charge >= 0.3 is 0 Å². The lowest BCUT2D eigenvalue weighted by atomic mass is 9.99. The molecule has 0 bridgehead atoms. The van der Waals surface area contributed by atoms with E-state index in [0.717, 1.165) is 6.42 Å². The van der Waals surface area contributed by atoms with Crippen LogP contribution in [0.15, 0.2) is 41.8 Å². The van der Waals surface area contributed by atoms with E-state index in [2.05, 4.69) is 36.7 Å². The predicted molar refractivity (Wildman–Crippen MR) is 92.8 cm³/mol. The number of nitrogens with one attached hydrogen (secondary N) is 1. The number of β-amino-alcohol motifs (C(OH)–C–C–N with tert-alkyl or cyclic N) is 1. The molecule has 1 heterocycles. The normalized spacial score (nSPS) is 12.6. The minimum Gasteiger partial charge on any atom is -0.489 e. The monoisotopic (exact) mass is 330 g/mol. The maximum atomic E-state index is 10.1. The fraction of sp³-hybridized carbons (Fsp3) is 0.389. The first-order valence-electron chi connectivity index (χ1n) is 7.57. The van der Waals surface area contributed by atoms with E-state index in [-0.39, 0.29) is 12.1 Å². The molecule has 0 amide bonds. The predicted octanol–water partition coefficient (Wildman–Crippen LogP) is 2.97. The molecule has 1 unspecified atom stereocenters. The van der Waals surface area contributed by atoms with Gasteiger partial charge in [-0.05, 0) is 43.8 Å². The van der Waals surface area contributed by atoms with Crippen molar-refractivity contribution in [3.05, 3.63) is 52.2 Å². The molecule has 0 saturated carbocycles. The molecule has 1 aromatic carbocycles. The Labute approximate surface area is 141 Å². The Hall–Kier alpha value is -1.87. The number of para-hydroxylation sites is 1. The molecule has 0 fully saturated rings. The Morgan fingerprint density at radius 3 is 2.78 bits per heavy atom. The van der Waals surface area contributed by atoms with Gasteiger partial charge in [-0.15, -0.1) is 11.3 Å². The first kappa shape index (κ1) is 17.5. The Morgan fingerprint density at radius 2 is 2.09 bits per heavy atom. The fourth-order valence-electron chi connectivity index (χ4n) is 2.24. The molecule has 4 nitrogen and oxygen atoms in total. The lowest BCUT2D eigenvalue weighted by Crippen LogP contribution is -2.46. The van der Waals surface area contributed by atoms with E-state index < -0.39 is 6.10 Å². The number of thiophene rings is 1. The zero-order chi connectivity index (χ0) is 16.7. The maximum absolute atomic E-state index is 10.1. The number of nitriles is 1. The van der Waals surface area contributed by atoms with Gasteiger partial charge in [0.25, 0.3) is 0 Å². The zero-order valence-electron chi connectivity index (χ0n) is 13.5. The minimum atomic E-state index is -0.635. The van der Waals surface area contributed by atoms with Crippen LogP contribution in [0.25, 0.3) is 0 Å². The summed E-state index contributed by atoms with van der Waals surface area (Å²) in [5.41, 5.74) is 0.377. The molecule has 5 heteroatoms. The minimum absolute atomic E-state index is 0.101. The second kappa shape index (κ2) is 8.11. The van der Waals surface area contributed by atoms with Gasteiger partial charge in [0.2, 0.25) is 0 Å². The molecule has 2 aromatic rings. The highest BCUT2D eigenvalue weighted by Gasteiger charge is 2.20. The van der Waals surface area contributed by atoms with Gasteiger partial charge in [-0.1, -0.05) is 18.2 Å². The Kier molecular flexibility index (Phi) is 6.17. The molecule has 0 aliphatic carbocycles. The van der Waals surface area contributed by atoms with Crippen molar-refractivity contribution in [3.63, 3.8) is 0 Å². The van der Waals surface area contributed by atoms with E-state index in [1.807, 2.05) is 12.1 Å². The average molecular weight is 330 g/mol. The van der Waals surface area contributed by atoms with Gasteiger partial charge < -0.3 is 15.2 Å². The Bertz CT molecular complexity index is 647. The topological polar surface area (TPSA) is 65.3 Å². The number of ether oxygens (including phenoxy) is 1. The smallest absolute Gasteiger partial charge is 0.137 e. The number of benzene rings is 1. The summed E-state index contributed by atoms with van der Waals surface area (Å²) in [5.74, 6) is 0.506. The van der Waals surface area contributed by atoms with Crippen LogP contribution in [0.1, 0.15) is 24.3 Å². The van der Waals surface area contributed by atoms with Gasteiger partial charge in [0, 0.05) is 17.0 Å². The SMILES string of the molecule is CC(C)(Cc1cccs1)NCC(O)COc1ccccc1C#N. The molecule has 2 rings (SSSR count). The third-order valence-corrected chi connectivity index (χ3v) is 4.33. The Balaban J connectivity index is 1.78. The van der Waals surface area contributed by atoms with Gasteiger partial charge in [-0.25, -0.2) is 0 Å². The van der Waals surface area contributed by atoms with Crippen LogP contribution in [0, 0.1) is 11.3 Å². The van der Waals surface area contributed by atoms with Gasteiger partial charge in [0.05, 0.1) is 5.56 Å². The number of hydrogen-bond donors (Lipinski definition) is 2. The summed E-state index contributed by atoms with van der Waals surface area (Å²) in [4.78, 5) is 1.32. The number of hydrogen-bond acceptors (Lipinski definition) is 5. The molecule has 2 N–H and O–H groups in total. The van der Waals surface area contributed by atoms with Crippen molar-refractivity contribution in [2.45, 2.75) is 31.9 Å². The highest BCUT2D eigenvalue weighted by Crippen LogP contribution is 2.18. The van der Waals surface area contributed by atoms with E-state index in [1.54, 1.807) is 29.5 Å². The van der Waals surface area contributed by atoms with Gasteiger partial charge in [-0.2, -0.15) is 5.26 Å². The van der Waals surface area contributed by atoms with E-state index >= 15 is 0 Å². The molecule has 1 atom stereocenters. The molecule has 0 radical (unpaired) electrons. The highest BCUT2D eigenvalue weighted by atomic mass is 32.1. The zero-order valence-corrected chi connectivity index (χ0v) is 14.3. The molecule has 0 aliphatic heterocycles. The lowest BCUT2D eigenvalue weighted by molar-refractivity contribution is 0.0987. The van der Waals surface area contributed by atoms with E-state index in [0.29, 0.717) is 17.9 Å². The summed E-state index contributed by atoms with van der Waals surface area (Å²) >= 11 is 1.74. The van der Waals surface area contributed by atoms with Gasteiger partial charge in [0.15, 0.2) is 0 Å². The van der Waals surface area contributed by atoms with E-state index in [4.69, 9.17) is 10.00 Å².